The molecule has 0 radical (unpaired) electrons. The fourth-order valence-corrected chi connectivity index (χ4v) is 2.22. The van der Waals surface area contributed by atoms with Crippen molar-refractivity contribution >= 4 is 5.97 Å². The first-order chi connectivity index (χ1) is 9.50. The van der Waals surface area contributed by atoms with E-state index < -0.39 is 0 Å². The summed E-state index contributed by atoms with van der Waals surface area (Å²) in [6.07, 6.45) is 3.47. The fourth-order valence-electron chi connectivity index (χ4n) is 2.22. The molecule has 20 heavy (non-hydrogen) atoms. The molecule has 5 nitrogen and oxygen atoms in total. The SMILES string of the molecule is CC(=O)OCc1nc(C(C)C)c(C)n1-c1ccncc1. The third-order valence-electron chi connectivity index (χ3n) is 3.09. The van der Waals surface area contributed by atoms with Crippen molar-refractivity contribution in [1.29, 1.82) is 0 Å². The van der Waals surface area contributed by atoms with E-state index in [0.29, 0.717) is 5.92 Å². The lowest BCUT2D eigenvalue weighted by Gasteiger charge is -2.10. The number of pyridine rings is 1. The number of ether oxygens (including phenoxy) is 1. The summed E-state index contributed by atoms with van der Waals surface area (Å²) in [6, 6.07) is 3.83. The number of imidazole rings is 1. The number of hydrogen-bond acceptors (Lipinski definition) is 4. The first-order valence-corrected chi connectivity index (χ1v) is 6.62. The van der Waals surface area contributed by atoms with E-state index in [2.05, 4.69) is 23.8 Å². The molecule has 0 fully saturated rings. The topological polar surface area (TPSA) is 57.0 Å². The molecule has 0 saturated carbocycles. The Bertz CT molecular complexity index is 603. The Hall–Kier alpha value is -2.17. The van der Waals surface area contributed by atoms with Gasteiger partial charge in [0.2, 0.25) is 0 Å². The third kappa shape index (κ3) is 2.87. The van der Waals surface area contributed by atoms with Gasteiger partial charge in [0.15, 0.2) is 5.82 Å². The molecule has 0 unspecified atom stereocenters. The van der Waals surface area contributed by atoms with Gasteiger partial charge in [-0.3, -0.25) is 14.3 Å². The Morgan fingerprint density at radius 3 is 2.55 bits per heavy atom. The second-order valence-electron chi connectivity index (χ2n) is 4.97. The van der Waals surface area contributed by atoms with Crippen LogP contribution in [0.1, 0.15) is 43.9 Å². The molecular formula is C15H19N3O2. The van der Waals surface area contributed by atoms with Crippen LogP contribution in [0.2, 0.25) is 0 Å². The third-order valence-corrected chi connectivity index (χ3v) is 3.09. The largest absolute Gasteiger partial charge is 0.458 e. The monoisotopic (exact) mass is 273 g/mol. The molecule has 0 N–H and O–H groups in total. The summed E-state index contributed by atoms with van der Waals surface area (Å²) < 4.78 is 7.11. The summed E-state index contributed by atoms with van der Waals surface area (Å²) in [5, 5.41) is 0. The predicted molar refractivity (Wildman–Crippen MR) is 75.7 cm³/mol. The molecule has 0 aliphatic carbocycles. The summed E-state index contributed by atoms with van der Waals surface area (Å²) in [4.78, 5) is 19.7. The maximum Gasteiger partial charge on any atom is 0.303 e. The smallest absolute Gasteiger partial charge is 0.303 e. The van der Waals surface area contributed by atoms with Gasteiger partial charge in [-0.05, 0) is 25.0 Å². The second kappa shape index (κ2) is 5.86. The lowest BCUT2D eigenvalue weighted by atomic mass is 10.1. The molecule has 0 aliphatic rings. The van der Waals surface area contributed by atoms with E-state index in [1.807, 2.05) is 23.6 Å². The Morgan fingerprint density at radius 2 is 2.00 bits per heavy atom. The molecule has 2 heterocycles. The fraction of sp³-hybridized carbons (Fsp3) is 0.400. The number of hydrogen-bond donors (Lipinski definition) is 0. The van der Waals surface area contributed by atoms with E-state index in [0.717, 1.165) is 22.9 Å². The quantitative estimate of drug-likeness (QED) is 0.804. The predicted octanol–water partition coefficient (Wildman–Crippen LogP) is 2.76. The molecule has 0 aliphatic heterocycles. The van der Waals surface area contributed by atoms with Gasteiger partial charge in [0.1, 0.15) is 6.61 Å². The van der Waals surface area contributed by atoms with E-state index in [-0.39, 0.29) is 12.6 Å². The minimum absolute atomic E-state index is 0.172. The molecular weight excluding hydrogens is 254 g/mol. The first kappa shape index (κ1) is 14.2. The highest BCUT2D eigenvalue weighted by atomic mass is 16.5. The summed E-state index contributed by atoms with van der Waals surface area (Å²) >= 11 is 0. The number of carbonyl (C=O) groups is 1. The molecule has 0 atom stereocenters. The number of nitrogens with zero attached hydrogens (tertiary/aromatic N) is 3. The van der Waals surface area contributed by atoms with Crippen LogP contribution in [0.25, 0.3) is 5.69 Å². The standard InChI is InChI=1S/C15H19N3O2/c1-10(2)15-11(3)18(13-5-7-16-8-6-13)14(17-15)9-20-12(4)19/h5-8,10H,9H2,1-4H3. The van der Waals surface area contributed by atoms with Gasteiger partial charge in [-0.2, -0.15) is 0 Å². The molecule has 2 rings (SSSR count). The van der Waals surface area contributed by atoms with E-state index >= 15 is 0 Å². The molecule has 0 saturated heterocycles. The minimum atomic E-state index is -0.307. The molecule has 0 amide bonds. The van der Waals surface area contributed by atoms with Crippen molar-refractivity contribution < 1.29 is 9.53 Å². The van der Waals surface area contributed by atoms with Crippen molar-refractivity contribution in [2.45, 2.75) is 40.2 Å². The van der Waals surface area contributed by atoms with Crippen molar-refractivity contribution in [3.05, 3.63) is 41.7 Å². The van der Waals surface area contributed by atoms with Crippen LogP contribution in [-0.4, -0.2) is 20.5 Å². The van der Waals surface area contributed by atoms with Crippen LogP contribution in [0.5, 0.6) is 0 Å². The molecule has 0 bridgehead atoms. The van der Waals surface area contributed by atoms with Crippen LogP contribution < -0.4 is 0 Å². The van der Waals surface area contributed by atoms with Crippen molar-refractivity contribution in [3.63, 3.8) is 0 Å². The Kier molecular flexibility index (Phi) is 4.17. The second-order valence-corrected chi connectivity index (χ2v) is 4.97. The van der Waals surface area contributed by atoms with Gasteiger partial charge in [-0.25, -0.2) is 4.98 Å². The van der Waals surface area contributed by atoms with E-state index in [1.54, 1.807) is 12.4 Å². The lowest BCUT2D eigenvalue weighted by molar-refractivity contribution is -0.142. The van der Waals surface area contributed by atoms with Crippen molar-refractivity contribution in [3.8, 4) is 5.69 Å². The molecule has 2 aromatic rings. The Balaban J connectivity index is 2.49. The molecule has 106 valence electrons. The van der Waals surface area contributed by atoms with Crippen LogP contribution in [0.4, 0.5) is 0 Å². The van der Waals surface area contributed by atoms with Crippen LogP contribution in [-0.2, 0) is 16.1 Å². The maximum atomic E-state index is 11.0. The van der Waals surface area contributed by atoms with Crippen LogP contribution in [0.15, 0.2) is 24.5 Å². The zero-order chi connectivity index (χ0) is 14.7. The van der Waals surface area contributed by atoms with Gasteiger partial charge in [0, 0.05) is 25.0 Å². The number of rotatable bonds is 4. The molecule has 2 aromatic heterocycles. The summed E-state index contributed by atoms with van der Waals surface area (Å²) in [5.74, 6) is 0.736. The summed E-state index contributed by atoms with van der Waals surface area (Å²) in [6.45, 7) is 7.80. The van der Waals surface area contributed by atoms with Crippen LogP contribution in [0, 0.1) is 6.92 Å². The maximum absolute atomic E-state index is 11.0. The van der Waals surface area contributed by atoms with E-state index in [1.165, 1.54) is 6.92 Å². The van der Waals surface area contributed by atoms with E-state index in [4.69, 9.17) is 4.74 Å². The van der Waals surface area contributed by atoms with Crippen molar-refractivity contribution in [2.75, 3.05) is 0 Å². The van der Waals surface area contributed by atoms with Crippen molar-refractivity contribution in [1.82, 2.24) is 14.5 Å². The summed E-state index contributed by atoms with van der Waals surface area (Å²) in [5.41, 5.74) is 3.05. The van der Waals surface area contributed by atoms with Gasteiger partial charge in [0.05, 0.1) is 11.4 Å². The highest BCUT2D eigenvalue weighted by Gasteiger charge is 2.17. The van der Waals surface area contributed by atoms with E-state index in [9.17, 15) is 4.79 Å². The van der Waals surface area contributed by atoms with Gasteiger partial charge in [-0.1, -0.05) is 13.8 Å². The lowest BCUT2D eigenvalue weighted by Crippen LogP contribution is -2.07. The van der Waals surface area contributed by atoms with Crippen molar-refractivity contribution in [2.24, 2.45) is 0 Å². The van der Waals surface area contributed by atoms with Gasteiger partial charge >= 0.3 is 5.97 Å². The molecule has 0 aromatic carbocycles. The van der Waals surface area contributed by atoms with Gasteiger partial charge in [0.25, 0.3) is 0 Å². The summed E-state index contributed by atoms with van der Waals surface area (Å²) in [7, 11) is 0. The van der Waals surface area contributed by atoms with Gasteiger partial charge < -0.3 is 4.74 Å². The van der Waals surface area contributed by atoms with Crippen LogP contribution in [0.3, 0.4) is 0 Å². The zero-order valence-corrected chi connectivity index (χ0v) is 12.3. The van der Waals surface area contributed by atoms with Crippen LogP contribution >= 0.6 is 0 Å². The number of aromatic nitrogens is 3. The highest BCUT2D eigenvalue weighted by molar-refractivity contribution is 5.65. The molecule has 0 spiro atoms. The Morgan fingerprint density at radius 1 is 1.35 bits per heavy atom. The Labute approximate surface area is 118 Å². The highest BCUT2D eigenvalue weighted by Crippen LogP contribution is 2.23. The first-order valence-electron chi connectivity index (χ1n) is 6.62. The number of esters is 1. The average Bonchev–Trinajstić information content (AvgIpc) is 2.74. The van der Waals surface area contributed by atoms with Gasteiger partial charge in [-0.15, -0.1) is 0 Å². The average molecular weight is 273 g/mol. The minimum Gasteiger partial charge on any atom is -0.458 e. The number of carbonyl (C=O) groups excluding carboxylic acids is 1. The zero-order valence-electron chi connectivity index (χ0n) is 12.3. The normalized spacial score (nSPS) is 10.8. The molecule has 5 heteroatoms.